The second-order valence-electron chi connectivity index (χ2n) is 14.9. The molecule has 0 aliphatic carbocycles. The number of carboxylic acid groups (broad SMARTS) is 1. The van der Waals surface area contributed by atoms with Crippen LogP contribution in [-0.4, -0.2) is 100 Å². The van der Waals surface area contributed by atoms with Crippen molar-refractivity contribution in [2.45, 2.75) is 130 Å². The summed E-state index contributed by atoms with van der Waals surface area (Å²) in [6, 6.07) is 1.85. The lowest BCUT2D eigenvalue weighted by molar-refractivity contribution is -0.142. The first-order valence-corrected chi connectivity index (χ1v) is 18.2. The number of carboxylic acids is 1. The van der Waals surface area contributed by atoms with Crippen LogP contribution < -0.4 is 32.3 Å². The van der Waals surface area contributed by atoms with E-state index in [4.69, 9.17) is 5.73 Å². The molecule has 0 aromatic heterocycles. The van der Waals surface area contributed by atoms with Crippen LogP contribution in [0.4, 0.5) is 0 Å². The number of likely N-dealkylation sites (tertiary alicyclic amines) is 1. The Morgan fingerprint density at radius 2 is 1.23 bits per heavy atom. The van der Waals surface area contributed by atoms with Crippen molar-refractivity contribution in [1.82, 2.24) is 31.5 Å². The maximum absolute atomic E-state index is 13.9. The van der Waals surface area contributed by atoms with E-state index in [0.717, 1.165) is 5.56 Å². The van der Waals surface area contributed by atoms with Crippen LogP contribution in [0.25, 0.3) is 0 Å². The van der Waals surface area contributed by atoms with Gasteiger partial charge in [-0.05, 0) is 62.8 Å². The van der Waals surface area contributed by atoms with Gasteiger partial charge in [0.1, 0.15) is 36.3 Å². The molecule has 7 unspecified atom stereocenters. The Labute approximate surface area is 307 Å². The second-order valence-corrected chi connectivity index (χ2v) is 14.9. The van der Waals surface area contributed by atoms with E-state index in [1.54, 1.807) is 45.0 Å². The Kier molecular flexibility index (Phi) is 17.2. The Morgan fingerprint density at radius 3 is 1.73 bits per heavy atom. The van der Waals surface area contributed by atoms with E-state index >= 15 is 0 Å². The molecular weight excluding hydrogens is 670 g/mol. The van der Waals surface area contributed by atoms with E-state index in [1.165, 1.54) is 11.8 Å². The van der Waals surface area contributed by atoms with E-state index in [1.807, 2.05) is 33.8 Å². The number of amides is 6. The topological polar surface area (TPSA) is 229 Å². The van der Waals surface area contributed by atoms with Gasteiger partial charge >= 0.3 is 5.97 Å². The highest BCUT2D eigenvalue weighted by molar-refractivity contribution is 5.97. The predicted octanol–water partition coefficient (Wildman–Crippen LogP) is 0.844. The number of hydrogen-bond acceptors (Lipinski definition) is 8. The Balaban J connectivity index is 2.32. The molecule has 1 aromatic rings. The van der Waals surface area contributed by atoms with E-state index in [-0.39, 0.29) is 42.9 Å². The van der Waals surface area contributed by atoms with E-state index < -0.39 is 77.8 Å². The lowest BCUT2D eigenvalue weighted by atomic mass is 9.98. The summed E-state index contributed by atoms with van der Waals surface area (Å²) in [5.74, 6) is -5.11. The average molecular weight is 730 g/mol. The van der Waals surface area contributed by atoms with Crippen LogP contribution in [0.5, 0.6) is 0 Å². The molecule has 1 saturated heterocycles. The molecule has 1 fully saturated rings. The quantitative estimate of drug-likeness (QED) is 0.107. The van der Waals surface area contributed by atoms with Crippen LogP contribution in [0, 0.1) is 17.8 Å². The summed E-state index contributed by atoms with van der Waals surface area (Å²) in [4.78, 5) is 93.4. The number of benzene rings is 1. The van der Waals surface area contributed by atoms with Gasteiger partial charge in [-0.25, -0.2) is 0 Å². The van der Waals surface area contributed by atoms with Crippen molar-refractivity contribution in [3.05, 3.63) is 35.9 Å². The minimum atomic E-state index is -1.23. The molecule has 7 atom stereocenters. The van der Waals surface area contributed by atoms with Crippen molar-refractivity contribution in [3.63, 3.8) is 0 Å². The molecule has 1 aliphatic rings. The summed E-state index contributed by atoms with van der Waals surface area (Å²) >= 11 is 0. The maximum Gasteiger partial charge on any atom is 0.325 e. The second kappa shape index (κ2) is 20.5. The van der Waals surface area contributed by atoms with Gasteiger partial charge in [-0.2, -0.15) is 0 Å². The average Bonchev–Trinajstić information content (AvgIpc) is 3.55. The van der Waals surface area contributed by atoms with Crippen LogP contribution >= 0.6 is 0 Å². The third-order valence-corrected chi connectivity index (χ3v) is 8.80. The Morgan fingerprint density at radius 1 is 0.731 bits per heavy atom. The fraction of sp³-hybridized carbons (Fsp3) is 0.649. The number of carbonyl (C=O) groups excluding carboxylic acids is 6. The lowest BCUT2D eigenvalue weighted by Crippen LogP contribution is -2.60. The molecule has 8 N–H and O–H groups in total. The van der Waals surface area contributed by atoms with Crippen molar-refractivity contribution in [3.8, 4) is 0 Å². The van der Waals surface area contributed by atoms with E-state index in [2.05, 4.69) is 26.6 Å². The third-order valence-electron chi connectivity index (χ3n) is 8.80. The van der Waals surface area contributed by atoms with Crippen LogP contribution in [0.15, 0.2) is 30.3 Å². The van der Waals surface area contributed by atoms with Crippen LogP contribution in [0.3, 0.4) is 0 Å². The normalized spacial score (nSPS) is 17.8. The molecule has 1 heterocycles. The highest BCUT2D eigenvalue weighted by atomic mass is 16.4. The number of nitrogens with one attached hydrogen (secondary N) is 5. The molecule has 15 heteroatoms. The number of aliphatic carboxylic acids is 1. The molecule has 290 valence electrons. The highest BCUT2D eigenvalue weighted by Gasteiger charge is 2.38. The number of nitrogens with zero attached hydrogens (tertiary/aromatic N) is 1. The largest absolute Gasteiger partial charge is 0.480 e. The zero-order chi connectivity index (χ0) is 39.3. The highest BCUT2D eigenvalue weighted by Crippen LogP contribution is 2.19. The lowest BCUT2D eigenvalue weighted by Gasteiger charge is -2.30. The molecule has 1 aromatic carbocycles. The van der Waals surface area contributed by atoms with Crippen molar-refractivity contribution in [2.75, 3.05) is 6.54 Å². The van der Waals surface area contributed by atoms with Gasteiger partial charge in [-0.3, -0.25) is 33.6 Å². The number of carbonyl (C=O) groups is 7. The molecular formula is C37H59N7O8. The van der Waals surface area contributed by atoms with E-state index in [0.29, 0.717) is 19.4 Å². The van der Waals surface area contributed by atoms with Gasteiger partial charge in [-0.15, -0.1) is 0 Å². The summed E-state index contributed by atoms with van der Waals surface area (Å²) in [5, 5.41) is 22.8. The minimum absolute atomic E-state index is 0.0418. The fourth-order valence-corrected chi connectivity index (χ4v) is 6.00. The first-order chi connectivity index (χ1) is 24.3. The van der Waals surface area contributed by atoms with Crippen molar-refractivity contribution in [1.29, 1.82) is 0 Å². The van der Waals surface area contributed by atoms with Gasteiger partial charge in [0.25, 0.3) is 0 Å². The Hall–Kier alpha value is -4.53. The molecule has 15 nitrogen and oxygen atoms in total. The van der Waals surface area contributed by atoms with Gasteiger partial charge < -0.3 is 42.3 Å². The van der Waals surface area contributed by atoms with Crippen molar-refractivity contribution >= 4 is 41.4 Å². The van der Waals surface area contributed by atoms with Gasteiger partial charge in [0.15, 0.2) is 0 Å². The number of hydrogen-bond donors (Lipinski definition) is 7. The maximum atomic E-state index is 13.9. The van der Waals surface area contributed by atoms with Gasteiger partial charge in [-0.1, -0.05) is 71.9 Å². The fourth-order valence-electron chi connectivity index (χ4n) is 6.00. The summed E-state index contributed by atoms with van der Waals surface area (Å²) in [6.45, 7) is 14.2. The zero-order valence-corrected chi connectivity index (χ0v) is 31.7. The smallest absolute Gasteiger partial charge is 0.325 e. The van der Waals surface area contributed by atoms with Crippen molar-refractivity contribution < 1.29 is 38.7 Å². The first-order valence-electron chi connectivity index (χ1n) is 18.2. The summed E-state index contributed by atoms with van der Waals surface area (Å²) in [7, 11) is 0. The molecule has 0 bridgehead atoms. The van der Waals surface area contributed by atoms with Crippen molar-refractivity contribution in [2.24, 2.45) is 23.5 Å². The number of nitrogens with two attached hydrogens (primary N) is 1. The number of rotatable bonds is 19. The standard InChI is InChI=1S/C37H59N7O8/c1-20(2)17-26(31(45)39-24(8)37(51)52)40-33(47)28(19-25-13-10-9-11-14-25)41-32(46)27(18-21(3)4)42-35(49)30(22(5)6)43-34(48)29-15-12-16-44(29)36(50)23(7)38/h9-11,13-14,20-24,26-30H,12,15-19,38H2,1-8H3,(H,39,45)(H,40,47)(H,41,46)(H,42,49)(H,43,48)(H,51,52). The van der Waals surface area contributed by atoms with Crippen LogP contribution in [-0.2, 0) is 40.0 Å². The monoisotopic (exact) mass is 729 g/mol. The zero-order valence-electron chi connectivity index (χ0n) is 31.7. The molecule has 1 aliphatic heterocycles. The molecule has 2 rings (SSSR count). The molecule has 6 amide bonds. The van der Waals surface area contributed by atoms with Gasteiger partial charge in [0.05, 0.1) is 6.04 Å². The molecule has 0 saturated carbocycles. The summed E-state index contributed by atoms with van der Waals surface area (Å²) < 4.78 is 0. The van der Waals surface area contributed by atoms with Gasteiger partial charge in [0.2, 0.25) is 35.4 Å². The SMILES string of the molecule is CC(C)CC(NC(=O)C(Cc1ccccc1)NC(=O)C(CC(C)C)NC(=O)C(NC(=O)C1CCCN1C(=O)C(C)N)C(C)C)C(=O)NC(C)C(=O)O. The van der Waals surface area contributed by atoms with Crippen LogP contribution in [0.2, 0.25) is 0 Å². The van der Waals surface area contributed by atoms with Gasteiger partial charge in [0, 0.05) is 13.0 Å². The predicted molar refractivity (Wildman–Crippen MR) is 195 cm³/mol. The third kappa shape index (κ3) is 13.5. The summed E-state index contributed by atoms with van der Waals surface area (Å²) in [6.07, 6.45) is 1.53. The molecule has 0 radical (unpaired) electrons. The molecule has 52 heavy (non-hydrogen) atoms. The first kappa shape index (κ1) is 43.6. The van der Waals surface area contributed by atoms with Crippen LogP contribution in [0.1, 0.15) is 86.6 Å². The van der Waals surface area contributed by atoms with E-state index in [9.17, 15) is 38.7 Å². The summed E-state index contributed by atoms with van der Waals surface area (Å²) in [5.41, 5.74) is 6.52. The Bertz CT molecular complexity index is 1400. The minimum Gasteiger partial charge on any atom is -0.480 e. The molecule has 0 spiro atoms.